The number of nitrogens with one attached hydrogen (secondary N) is 1. The number of hydrogen-bond acceptors (Lipinski definition) is 4. The van der Waals surface area contributed by atoms with Gasteiger partial charge in [0.1, 0.15) is 0 Å². The highest BCUT2D eigenvalue weighted by molar-refractivity contribution is 7.92. The molecule has 1 fully saturated rings. The minimum Gasteiger partial charge on any atom is -0.306 e. The van der Waals surface area contributed by atoms with Gasteiger partial charge in [0.25, 0.3) is 15.9 Å². The van der Waals surface area contributed by atoms with Gasteiger partial charge in [0.15, 0.2) is 11.6 Å². The van der Waals surface area contributed by atoms with Gasteiger partial charge >= 0.3 is 0 Å². The molecule has 1 N–H and O–H groups in total. The molecule has 3 aromatic rings. The quantitative estimate of drug-likeness (QED) is 0.638. The Morgan fingerprint density at radius 3 is 2.44 bits per heavy atom. The lowest BCUT2D eigenvalue weighted by Crippen LogP contribution is -2.41. The molecule has 6 nitrogen and oxygen atoms in total. The molecule has 0 bridgehead atoms. The van der Waals surface area contributed by atoms with E-state index in [2.05, 4.69) is 9.71 Å². The maximum atomic E-state index is 13.4. The molecule has 1 aliphatic carbocycles. The second-order valence-corrected chi connectivity index (χ2v) is 9.84. The number of amides is 1. The fourth-order valence-electron chi connectivity index (χ4n) is 4.36. The maximum Gasteiger partial charge on any atom is 0.261 e. The Labute approximate surface area is 184 Å². The predicted molar refractivity (Wildman–Crippen MR) is 115 cm³/mol. The van der Waals surface area contributed by atoms with Crippen LogP contribution >= 0.6 is 0 Å². The fourth-order valence-corrected chi connectivity index (χ4v) is 5.43. The van der Waals surface area contributed by atoms with Crippen molar-refractivity contribution in [1.82, 2.24) is 4.98 Å². The smallest absolute Gasteiger partial charge is 0.261 e. The largest absolute Gasteiger partial charge is 0.306 e. The maximum absolute atomic E-state index is 13.4. The Kier molecular flexibility index (Phi) is 4.74. The van der Waals surface area contributed by atoms with Gasteiger partial charge in [-0.05, 0) is 67.4 Å². The third-order valence-electron chi connectivity index (χ3n) is 6.18. The number of halogens is 2. The van der Waals surface area contributed by atoms with Crippen LogP contribution in [0, 0.1) is 11.6 Å². The van der Waals surface area contributed by atoms with E-state index in [0.29, 0.717) is 18.2 Å². The third-order valence-corrected chi connectivity index (χ3v) is 7.56. The summed E-state index contributed by atoms with van der Waals surface area (Å²) in [4.78, 5) is 19.1. The summed E-state index contributed by atoms with van der Waals surface area (Å²) in [5, 5.41) is 0. The van der Waals surface area contributed by atoms with Gasteiger partial charge in [0.05, 0.1) is 16.3 Å². The number of carbonyl (C=O) groups is 1. The van der Waals surface area contributed by atoms with Gasteiger partial charge in [-0.25, -0.2) is 17.2 Å². The van der Waals surface area contributed by atoms with E-state index in [0.717, 1.165) is 42.8 Å². The Morgan fingerprint density at radius 1 is 1.03 bits per heavy atom. The molecule has 0 radical (unpaired) electrons. The SMILES string of the molecule is O=C(c1ccc(NS(=O)(=O)c2ccc(F)c(F)c2)cc1)N1CC2(CCC2)c2ncccc21. The van der Waals surface area contributed by atoms with E-state index >= 15 is 0 Å². The number of hydrogen-bond donors (Lipinski definition) is 1. The van der Waals surface area contributed by atoms with Crippen LogP contribution in [0.15, 0.2) is 65.7 Å². The minimum absolute atomic E-state index is 0.0632. The highest BCUT2D eigenvalue weighted by atomic mass is 32.2. The average Bonchev–Trinajstić information content (AvgIpc) is 3.11. The predicted octanol–water partition coefficient (Wildman–Crippen LogP) is 4.24. The molecule has 2 aromatic carbocycles. The Morgan fingerprint density at radius 2 is 1.78 bits per heavy atom. The highest BCUT2D eigenvalue weighted by Crippen LogP contribution is 2.51. The van der Waals surface area contributed by atoms with Crippen LogP contribution in [0.25, 0.3) is 0 Å². The van der Waals surface area contributed by atoms with Crippen molar-refractivity contribution in [1.29, 1.82) is 0 Å². The molecular formula is C23H19F2N3O3S. The number of sulfonamides is 1. The first-order valence-corrected chi connectivity index (χ1v) is 11.6. The van der Waals surface area contributed by atoms with Crippen LogP contribution in [0.3, 0.4) is 0 Å². The summed E-state index contributed by atoms with van der Waals surface area (Å²) in [5.41, 5.74) is 2.33. The van der Waals surface area contributed by atoms with Gasteiger partial charge in [-0.3, -0.25) is 14.5 Å². The summed E-state index contributed by atoms with van der Waals surface area (Å²) in [6, 6.07) is 12.1. The highest BCUT2D eigenvalue weighted by Gasteiger charge is 2.49. The molecule has 2 heterocycles. The second kappa shape index (κ2) is 7.37. The zero-order valence-electron chi connectivity index (χ0n) is 16.9. The number of fused-ring (bicyclic) bond motifs is 2. The van der Waals surface area contributed by atoms with E-state index in [1.807, 2.05) is 12.1 Å². The topological polar surface area (TPSA) is 79.4 Å². The zero-order valence-corrected chi connectivity index (χ0v) is 17.7. The summed E-state index contributed by atoms with van der Waals surface area (Å²) in [7, 11) is -4.11. The third kappa shape index (κ3) is 3.33. The molecule has 1 aromatic heterocycles. The number of anilines is 2. The monoisotopic (exact) mass is 455 g/mol. The molecule has 0 unspecified atom stereocenters. The van der Waals surface area contributed by atoms with Crippen LogP contribution in [0.2, 0.25) is 0 Å². The van der Waals surface area contributed by atoms with Crippen molar-refractivity contribution in [2.75, 3.05) is 16.2 Å². The molecule has 2 aliphatic rings. The van der Waals surface area contributed by atoms with Gasteiger partial charge in [0.2, 0.25) is 0 Å². The molecule has 9 heteroatoms. The molecule has 1 amide bonds. The first kappa shape index (κ1) is 20.6. The lowest BCUT2D eigenvalue weighted by molar-refractivity contribution is 0.0979. The molecule has 1 spiro atoms. The van der Waals surface area contributed by atoms with Crippen LogP contribution in [0.4, 0.5) is 20.2 Å². The van der Waals surface area contributed by atoms with Crippen molar-refractivity contribution in [3.63, 3.8) is 0 Å². The molecule has 1 aliphatic heterocycles. The number of benzene rings is 2. The summed E-state index contributed by atoms with van der Waals surface area (Å²) >= 11 is 0. The summed E-state index contributed by atoms with van der Waals surface area (Å²) < 4.78 is 53.7. The Bertz CT molecular complexity index is 1320. The van der Waals surface area contributed by atoms with Crippen molar-refractivity contribution >= 4 is 27.3 Å². The van der Waals surface area contributed by atoms with Crippen molar-refractivity contribution in [2.45, 2.75) is 29.6 Å². The van der Waals surface area contributed by atoms with Crippen LogP contribution in [-0.4, -0.2) is 25.9 Å². The number of nitrogens with zero attached hydrogens (tertiary/aromatic N) is 2. The molecule has 32 heavy (non-hydrogen) atoms. The molecule has 0 atom stereocenters. The van der Waals surface area contributed by atoms with Crippen LogP contribution in [-0.2, 0) is 15.4 Å². The summed E-state index contributed by atoms with van der Waals surface area (Å²) in [6.45, 7) is 0.586. The van der Waals surface area contributed by atoms with Crippen molar-refractivity contribution < 1.29 is 22.0 Å². The van der Waals surface area contributed by atoms with Gasteiger partial charge in [-0.15, -0.1) is 0 Å². The number of carbonyl (C=O) groups excluding carboxylic acids is 1. The summed E-state index contributed by atoms with van der Waals surface area (Å²) in [5.74, 6) is -2.56. The molecule has 164 valence electrons. The van der Waals surface area contributed by atoms with E-state index < -0.39 is 26.6 Å². The fraction of sp³-hybridized carbons (Fsp3) is 0.217. The average molecular weight is 455 g/mol. The molecule has 1 saturated carbocycles. The Balaban J connectivity index is 1.36. The molecule has 5 rings (SSSR count). The number of pyridine rings is 1. The summed E-state index contributed by atoms with van der Waals surface area (Å²) in [6.07, 6.45) is 4.88. The van der Waals surface area contributed by atoms with Crippen LogP contribution < -0.4 is 9.62 Å². The lowest BCUT2D eigenvalue weighted by atomic mass is 9.67. The second-order valence-electron chi connectivity index (χ2n) is 8.16. The van der Waals surface area contributed by atoms with Crippen LogP contribution in [0.1, 0.15) is 35.3 Å². The zero-order chi connectivity index (χ0) is 22.5. The lowest BCUT2D eigenvalue weighted by Gasteiger charge is -2.37. The van der Waals surface area contributed by atoms with Crippen molar-refractivity contribution in [3.8, 4) is 0 Å². The van der Waals surface area contributed by atoms with E-state index in [4.69, 9.17) is 0 Å². The van der Waals surface area contributed by atoms with E-state index in [1.54, 1.807) is 11.1 Å². The normalized spacial score (nSPS) is 16.5. The standard InChI is InChI=1S/C23H19F2N3O3S/c24-18-9-8-17(13-19(18)25)32(30,31)27-16-6-4-15(5-7-16)22(29)28-14-23(10-2-11-23)21-20(28)3-1-12-26-21/h1,3-9,12-13,27H,2,10-11,14H2. The number of rotatable bonds is 4. The van der Waals surface area contributed by atoms with Gasteiger partial charge in [-0.1, -0.05) is 6.42 Å². The van der Waals surface area contributed by atoms with Crippen molar-refractivity contribution in [3.05, 3.63) is 83.7 Å². The first-order chi connectivity index (χ1) is 15.3. The van der Waals surface area contributed by atoms with E-state index in [1.165, 1.54) is 24.3 Å². The van der Waals surface area contributed by atoms with Gasteiger partial charge in [0, 0.05) is 29.4 Å². The Hall–Kier alpha value is -3.33. The van der Waals surface area contributed by atoms with Crippen LogP contribution in [0.5, 0.6) is 0 Å². The minimum atomic E-state index is -4.11. The van der Waals surface area contributed by atoms with Crippen molar-refractivity contribution in [2.24, 2.45) is 0 Å². The van der Waals surface area contributed by atoms with Gasteiger partial charge < -0.3 is 4.90 Å². The molecule has 0 saturated heterocycles. The molecular weight excluding hydrogens is 436 g/mol. The van der Waals surface area contributed by atoms with Gasteiger partial charge in [-0.2, -0.15) is 0 Å². The first-order valence-electron chi connectivity index (χ1n) is 10.1. The van der Waals surface area contributed by atoms with E-state index in [-0.39, 0.29) is 17.0 Å². The van der Waals surface area contributed by atoms with E-state index in [9.17, 15) is 22.0 Å². The number of aromatic nitrogens is 1.